The van der Waals surface area contributed by atoms with Gasteiger partial charge in [0.25, 0.3) is 0 Å². The molecular formula is C18H26N4O4S2. The second kappa shape index (κ2) is 7.94. The van der Waals surface area contributed by atoms with Gasteiger partial charge in [-0.2, -0.15) is 9.40 Å². The maximum atomic E-state index is 13.0. The molecule has 0 atom stereocenters. The molecule has 154 valence electrons. The molecular weight excluding hydrogens is 400 g/mol. The van der Waals surface area contributed by atoms with Crippen LogP contribution in [0.25, 0.3) is 0 Å². The van der Waals surface area contributed by atoms with Gasteiger partial charge >= 0.3 is 0 Å². The Morgan fingerprint density at radius 2 is 1.54 bits per heavy atom. The van der Waals surface area contributed by atoms with Gasteiger partial charge in [0.2, 0.25) is 20.0 Å². The molecule has 0 radical (unpaired) electrons. The minimum Gasteiger partial charge on any atom is -0.281 e. The van der Waals surface area contributed by atoms with E-state index in [1.807, 2.05) is 31.2 Å². The Kier molecular flexibility index (Phi) is 5.95. The van der Waals surface area contributed by atoms with Crippen LogP contribution in [-0.2, 0) is 25.8 Å². The van der Waals surface area contributed by atoms with Crippen molar-refractivity contribution in [2.45, 2.75) is 37.8 Å². The Bertz CT molecular complexity index is 1020. The number of nitrogens with zero attached hydrogens (tertiary/aromatic N) is 3. The molecule has 2 aromatic rings. The van der Waals surface area contributed by atoms with Crippen LogP contribution in [0.3, 0.4) is 0 Å². The summed E-state index contributed by atoms with van der Waals surface area (Å²) < 4.78 is 54.5. The van der Waals surface area contributed by atoms with Gasteiger partial charge in [0.1, 0.15) is 4.90 Å². The minimum absolute atomic E-state index is 0.0834. The van der Waals surface area contributed by atoms with Gasteiger partial charge in [-0.05, 0) is 32.8 Å². The number of rotatable bonds is 5. The molecule has 1 aliphatic heterocycles. The van der Waals surface area contributed by atoms with E-state index in [9.17, 15) is 16.8 Å². The van der Waals surface area contributed by atoms with E-state index in [0.29, 0.717) is 24.4 Å². The molecule has 1 aliphatic rings. The van der Waals surface area contributed by atoms with Crippen LogP contribution in [0.2, 0.25) is 0 Å². The smallest absolute Gasteiger partial charge is 0.246 e. The normalized spacial score (nSPS) is 17.5. The Balaban J connectivity index is 1.75. The molecule has 0 aliphatic carbocycles. The van der Waals surface area contributed by atoms with Gasteiger partial charge < -0.3 is 0 Å². The van der Waals surface area contributed by atoms with E-state index in [1.54, 1.807) is 13.8 Å². The zero-order valence-electron chi connectivity index (χ0n) is 16.3. The summed E-state index contributed by atoms with van der Waals surface area (Å²) in [5, 5.41) is 6.67. The summed E-state index contributed by atoms with van der Waals surface area (Å²) in [7, 11) is -7.24. The number of H-pyrrole nitrogens is 1. The quantitative estimate of drug-likeness (QED) is 0.781. The van der Waals surface area contributed by atoms with Crippen LogP contribution in [0, 0.1) is 20.8 Å². The summed E-state index contributed by atoms with van der Waals surface area (Å²) in [5.74, 6) is -0.0834. The highest BCUT2D eigenvalue weighted by Gasteiger charge is 2.33. The van der Waals surface area contributed by atoms with E-state index >= 15 is 0 Å². The number of sulfonamides is 2. The highest BCUT2D eigenvalue weighted by Crippen LogP contribution is 2.23. The van der Waals surface area contributed by atoms with Crippen LogP contribution >= 0.6 is 0 Å². The largest absolute Gasteiger partial charge is 0.281 e. The molecule has 0 saturated carbocycles. The highest BCUT2D eigenvalue weighted by molar-refractivity contribution is 7.89. The fourth-order valence-corrected chi connectivity index (χ4v) is 6.79. The number of aryl methyl sites for hydroxylation is 3. The summed E-state index contributed by atoms with van der Waals surface area (Å²) in [6, 6.07) is 7.40. The third-order valence-corrected chi connectivity index (χ3v) is 8.95. The molecule has 8 nitrogen and oxygen atoms in total. The molecule has 10 heteroatoms. The Labute approximate surface area is 166 Å². The fraction of sp³-hybridized carbons (Fsp3) is 0.500. The standard InChI is InChI=1S/C18H26N4O4S2/c1-14-5-7-17(8-6-14)13-27(23,24)21-9-4-10-22(12-11-21)28(25,26)18-15(2)19-20-16(18)3/h5-8H,4,9-13H2,1-3H3,(H,19,20). The first kappa shape index (κ1) is 21.0. The van der Waals surface area contributed by atoms with Crippen LogP contribution in [-0.4, -0.2) is 61.8 Å². The lowest BCUT2D eigenvalue weighted by atomic mass is 10.2. The molecule has 1 aromatic heterocycles. The summed E-state index contributed by atoms with van der Waals surface area (Å²) in [5.41, 5.74) is 2.71. The number of nitrogens with one attached hydrogen (secondary N) is 1. The molecule has 1 aromatic carbocycles. The topological polar surface area (TPSA) is 103 Å². The highest BCUT2D eigenvalue weighted by atomic mass is 32.2. The van der Waals surface area contributed by atoms with Gasteiger partial charge in [0.05, 0.1) is 17.1 Å². The lowest BCUT2D eigenvalue weighted by Gasteiger charge is -2.22. The van der Waals surface area contributed by atoms with Crippen molar-refractivity contribution in [2.75, 3.05) is 26.2 Å². The van der Waals surface area contributed by atoms with E-state index in [0.717, 1.165) is 11.1 Å². The third kappa shape index (κ3) is 4.29. The molecule has 1 N–H and O–H groups in total. The number of aromatic amines is 1. The lowest BCUT2D eigenvalue weighted by Crippen LogP contribution is -2.38. The number of hydrogen-bond acceptors (Lipinski definition) is 5. The fourth-order valence-electron chi connectivity index (χ4n) is 3.42. The van der Waals surface area contributed by atoms with Gasteiger partial charge in [0.15, 0.2) is 0 Å². The molecule has 28 heavy (non-hydrogen) atoms. The molecule has 1 saturated heterocycles. The first-order valence-electron chi connectivity index (χ1n) is 9.16. The van der Waals surface area contributed by atoms with Crippen LogP contribution in [0.1, 0.15) is 28.9 Å². The summed E-state index contributed by atoms with van der Waals surface area (Å²) in [4.78, 5) is 0.184. The Hall–Kier alpha value is -1.75. The summed E-state index contributed by atoms with van der Waals surface area (Å²) in [6.45, 7) is 6.12. The second-order valence-corrected chi connectivity index (χ2v) is 11.0. The van der Waals surface area contributed by atoms with E-state index in [1.165, 1.54) is 8.61 Å². The molecule has 0 spiro atoms. The van der Waals surface area contributed by atoms with E-state index in [4.69, 9.17) is 0 Å². The van der Waals surface area contributed by atoms with Gasteiger partial charge in [-0.15, -0.1) is 0 Å². The molecule has 0 bridgehead atoms. The summed E-state index contributed by atoms with van der Waals surface area (Å²) in [6.07, 6.45) is 0.447. The maximum Gasteiger partial charge on any atom is 0.246 e. The van der Waals surface area contributed by atoms with Crippen LogP contribution in [0.5, 0.6) is 0 Å². The lowest BCUT2D eigenvalue weighted by molar-refractivity contribution is 0.404. The minimum atomic E-state index is -3.72. The zero-order valence-corrected chi connectivity index (χ0v) is 18.0. The Morgan fingerprint density at radius 1 is 0.929 bits per heavy atom. The van der Waals surface area contributed by atoms with Crippen molar-refractivity contribution >= 4 is 20.0 Å². The van der Waals surface area contributed by atoms with Crippen molar-refractivity contribution in [3.8, 4) is 0 Å². The van der Waals surface area contributed by atoms with E-state index in [-0.39, 0.29) is 30.3 Å². The van der Waals surface area contributed by atoms with Crippen molar-refractivity contribution in [1.29, 1.82) is 0 Å². The third-order valence-electron chi connectivity index (χ3n) is 4.94. The van der Waals surface area contributed by atoms with Crippen molar-refractivity contribution < 1.29 is 16.8 Å². The van der Waals surface area contributed by atoms with E-state index in [2.05, 4.69) is 10.2 Å². The molecule has 3 rings (SSSR count). The predicted octanol–water partition coefficient (Wildman–Crippen LogP) is 1.56. The van der Waals surface area contributed by atoms with Crippen molar-refractivity contribution in [2.24, 2.45) is 0 Å². The Morgan fingerprint density at radius 3 is 2.14 bits per heavy atom. The maximum absolute atomic E-state index is 13.0. The number of hydrogen-bond donors (Lipinski definition) is 1. The molecule has 1 fully saturated rings. The van der Waals surface area contributed by atoms with Crippen LogP contribution in [0.15, 0.2) is 29.2 Å². The van der Waals surface area contributed by atoms with Gasteiger partial charge in [-0.25, -0.2) is 21.1 Å². The molecule has 0 amide bonds. The van der Waals surface area contributed by atoms with Gasteiger partial charge in [-0.3, -0.25) is 5.10 Å². The SMILES string of the molecule is Cc1ccc(CS(=O)(=O)N2CCCN(S(=O)(=O)c3c(C)n[nH]c3C)CC2)cc1. The average Bonchev–Trinajstić information content (AvgIpc) is 2.83. The van der Waals surface area contributed by atoms with Crippen LogP contribution in [0.4, 0.5) is 0 Å². The van der Waals surface area contributed by atoms with Crippen molar-refractivity contribution in [3.05, 3.63) is 46.8 Å². The number of benzene rings is 1. The first-order chi connectivity index (χ1) is 13.1. The second-order valence-electron chi connectivity index (χ2n) is 7.16. The van der Waals surface area contributed by atoms with Gasteiger partial charge in [-0.1, -0.05) is 29.8 Å². The molecule has 2 heterocycles. The van der Waals surface area contributed by atoms with Gasteiger partial charge in [0, 0.05) is 26.2 Å². The number of aromatic nitrogens is 2. The average molecular weight is 427 g/mol. The first-order valence-corrected chi connectivity index (χ1v) is 12.2. The molecule has 0 unspecified atom stereocenters. The van der Waals surface area contributed by atoms with Crippen molar-refractivity contribution in [3.63, 3.8) is 0 Å². The predicted molar refractivity (Wildman–Crippen MR) is 107 cm³/mol. The zero-order chi connectivity index (χ0) is 20.5. The monoisotopic (exact) mass is 426 g/mol. The summed E-state index contributed by atoms with van der Waals surface area (Å²) >= 11 is 0. The van der Waals surface area contributed by atoms with Crippen molar-refractivity contribution in [1.82, 2.24) is 18.8 Å². The van der Waals surface area contributed by atoms with Crippen LogP contribution < -0.4 is 0 Å². The van der Waals surface area contributed by atoms with E-state index < -0.39 is 20.0 Å².